The van der Waals surface area contributed by atoms with Crippen LogP contribution in [0.5, 0.6) is 0 Å². The molecular formula is C21H28N2O. The molecule has 2 aromatic rings. The van der Waals surface area contributed by atoms with Gasteiger partial charge in [-0.25, -0.2) is 0 Å². The fraction of sp³-hybridized carbons (Fsp3) is 0.381. The Morgan fingerprint density at radius 1 is 0.708 bits per heavy atom. The smallest absolute Gasteiger partial charge is 0.221 e. The van der Waals surface area contributed by atoms with Gasteiger partial charge in [-0.15, -0.1) is 0 Å². The van der Waals surface area contributed by atoms with Gasteiger partial charge in [0.05, 0.1) is 0 Å². The van der Waals surface area contributed by atoms with E-state index < -0.39 is 0 Å². The first-order chi connectivity index (χ1) is 11.8. The summed E-state index contributed by atoms with van der Waals surface area (Å²) in [6, 6.07) is 20.9. The minimum absolute atomic E-state index is 0.138. The third-order valence-electron chi connectivity index (χ3n) is 4.00. The van der Waals surface area contributed by atoms with Crippen molar-refractivity contribution in [2.75, 3.05) is 19.6 Å². The third kappa shape index (κ3) is 7.93. The second-order valence-corrected chi connectivity index (χ2v) is 6.03. The van der Waals surface area contributed by atoms with Gasteiger partial charge in [-0.05, 0) is 43.4 Å². The van der Waals surface area contributed by atoms with Gasteiger partial charge in [-0.2, -0.15) is 0 Å². The lowest BCUT2D eigenvalue weighted by molar-refractivity contribution is -0.121. The summed E-state index contributed by atoms with van der Waals surface area (Å²) in [5, 5.41) is 6.33. The van der Waals surface area contributed by atoms with Gasteiger partial charge in [0.15, 0.2) is 0 Å². The molecule has 0 atom stereocenters. The molecule has 0 fully saturated rings. The molecule has 0 bridgehead atoms. The molecule has 2 rings (SSSR count). The van der Waals surface area contributed by atoms with Crippen molar-refractivity contribution in [1.82, 2.24) is 10.6 Å². The van der Waals surface area contributed by atoms with Crippen LogP contribution in [-0.2, 0) is 17.6 Å². The quantitative estimate of drug-likeness (QED) is 0.622. The van der Waals surface area contributed by atoms with Crippen molar-refractivity contribution >= 4 is 5.91 Å². The molecule has 3 heteroatoms. The van der Waals surface area contributed by atoms with Gasteiger partial charge in [0.1, 0.15) is 0 Å². The Balaban J connectivity index is 1.42. The predicted octanol–water partition coefficient (Wildman–Crippen LogP) is 3.35. The van der Waals surface area contributed by atoms with Gasteiger partial charge >= 0.3 is 0 Å². The van der Waals surface area contributed by atoms with E-state index in [1.165, 1.54) is 11.1 Å². The third-order valence-corrected chi connectivity index (χ3v) is 4.00. The van der Waals surface area contributed by atoms with Crippen LogP contribution >= 0.6 is 0 Å². The number of hydrogen-bond donors (Lipinski definition) is 2. The lowest BCUT2D eigenvalue weighted by Gasteiger charge is -2.07. The molecule has 0 saturated carbocycles. The van der Waals surface area contributed by atoms with Gasteiger partial charge in [0.2, 0.25) is 5.91 Å². The fourth-order valence-electron chi connectivity index (χ4n) is 2.64. The second kappa shape index (κ2) is 11.4. The maximum atomic E-state index is 11.8. The zero-order valence-electron chi connectivity index (χ0n) is 14.3. The Hall–Kier alpha value is -2.13. The van der Waals surface area contributed by atoms with E-state index in [-0.39, 0.29) is 5.91 Å². The molecule has 0 spiro atoms. The van der Waals surface area contributed by atoms with Gasteiger partial charge in [0, 0.05) is 19.5 Å². The molecule has 128 valence electrons. The Morgan fingerprint density at radius 3 is 1.83 bits per heavy atom. The van der Waals surface area contributed by atoms with Crippen LogP contribution in [0.2, 0.25) is 0 Å². The molecule has 0 saturated heterocycles. The van der Waals surface area contributed by atoms with E-state index >= 15 is 0 Å². The predicted molar refractivity (Wildman–Crippen MR) is 100 cm³/mol. The zero-order valence-corrected chi connectivity index (χ0v) is 14.3. The van der Waals surface area contributed by atoms with Crippen LogP contribution in [0, 0.1) is 0 Å². The van der Waals surface area contributed by atoms with Crippen molar-refractivity contribution in [3.8, 4) is 0 Å². The van der Waals surface area contributed by atoms with Crippen LogP contribution in [0.25, 0.3) is 0 Å². The highest BCUT2D eigenvalue weighted by Crippen LogP contribution is 2.02. The highest BCUT2D eigenvalue weighted by Gasteiger charge is 2.00. The number of aryl methyl sites for hydroxylation is 2. The van der Waals surface area contributed by atoms with Gasteiger partial charge < -0.3 is 10.6 Å². The van der Waals surface area contributed by atoms with E-state index in [2.05, 4.69) is 59.2 Å². The van der Waals surface area contributed by atoms with Crippen molar-refractivity contribution in [2.24, 2.45) is 0 Å². The fourth-order valence-corrected chi connectivity index (χ4v) is 2.64. The van der Waals surface area contributed by atoms with Crippen molar-refractivity contribution in [2.45, 2.75) is 32.1 Å². The molecule has 24 heavy (non-hydrogen) atoms. The lowest BCUT2D eigenvalue weighted by Crippen LogP contribution is -2.29. The summed E-state index contributed by atoms with van der Waals surface area (Å²) < 4.78 is 0. The molecule has 0 aliphatic carbocycles. The highest BCUT2D eigenvalue weighted by molar-refractivity contribution is 5.75. The van der Waals surface area contributed by atoms with Crippen molar-refractivity contribution < 1.29 is 4.79 Å². The molecule has 3 nitrogen and oxygen atoms in total. The summed E-state index contributed by atoms with van der Waals surface area (Å²) in [5.41, 5.74) is 2.70. The Morgan fingerprint density at radius 2 is 1.25 bits per heavy atom. The zero-order chi connectivity index (χ0) is 16.9. The number of carbonyl (C=O) groups excluding carboxylic acids is 1. The Kier molecular flexibility index (Phi) is 8.66. The minimum atomic E-state index is 0.138. The van der Waals surface area contributed by atoms with E-state index in [1.807, 2.05) is 12.1 Å². The molecule has 0 aliphatic rings. The summed E-state index contributed by atoms with van der Waals surface area (Å²) in [4.78, 5) is 11.8. The first-order valence-corrected chi connectivity index (χ1v) is 8.90. The minimum Gasteiger partial charge on any atom is -0.356 e. The number of carbonyl (C=O) groups is 1. The maximum Gasteiger partial charge on any atom is 0.221 e. The Labute approximate surface area is 145 Å². The van der Waals surface area contributed by atoms with E-state index in [9.17, 15) is 4.79 Å². The first kappa shape index (κ1) is 18.2. The largest absolute Gasteiger partial charge is 0.356 e. The van der Waals surface area contributed by atoms with E-state index in [0.29, 0.717) is 6.42 Å². The maximum absolute atomic E-state index is 11.8. The molecule has 0 radical (unpaired) electrons. The number of amides is 1. The van der Waals surface area contributed by atoms with E-state index in [4.69, 9.17) is 0 Å². The van der Waals surface area contributed by atoms with Crippen LogP contribution in [0.1, 0.15) is 30.4 Å². The van der Waals surface area contributed by atoms with Crippen LogP contribution < -0.4 is 10.6 Å². The number of rotatable bonds is 11. The summed E-state index contributed by atoms with van der Waals surface area (Å²) in [5.74, 6) is 0.138. The lowest BCUT2D eigenvalue weighted by atomic mass is 10.1. The van der Waals surface area contributed by atoms with Gasteiger partial charge in [0.25, 0.3) is 0 Å². The van der Waals surface area contributed by atoms with E-state index in [0.717, 1.165) is 45.3 Å². The average molecular weight is 324 g/mol. The van der Waals surface area contributed by atoms with Crippen LogP contribution in [-0.4, -0.2) is 25.5 Å². The number of nitrogens with one attached hydrogen (secondary N) is 2. The van der Waals surface area contributed by atoms with Crippen LogP contribution in [0.4, 0.5) is 0 Å². The summed E-state index contributed by atoms with van der Waals surface area (Å²) >= 11 is 0. The molecule has 0 aromatic heterocycles. The van der Waals surface area contributed by atoms with Crippen LogP contribution in [0.15, 0.2) is 60.7 Å². The van der Waals surface area contributed by atoms with Gasteiger partial charge in [-0.3, -0.25) is 4.79 Å². The average Bonchev–Trinajstić information content (AvgIpc) is 2.63. The van der Waals surface area contributed by atoms with Crippen molar-refractivity contribution in [3.05, 3.63) is 71.8 Å². The standard InChI is InChI=1S/C21H28N2O/c24-21(23-17-8-14-20-11-5-2-6-12-20)15-18-22-16-7-13-19-9-3-1-4-10-19/h1-6,9-12,22H,7-8,13-18H2,(H,23,24). The summed E-state index contributed by atoms with van der Waals surface area (Å²) in [6.45, 7) is 2.46. The molecule has 0 unspecified atom stereocenters. The molecule has 2 aromatic carbocycles. The number of hydrogen-bond acceptors (Lipinski definition) is 2. The summed E-state index contributed by atoms with van der Waals surface area (Å²) in [7, 11) is 0. The van der Waals surface area contributed by atoms with Crippen molar-refractivity contribution in [3.63, 3.8) is 0 Å². The van der Waals surface area contributed by atoms with E-state index in [1.54, 1.807) is 0 Å². The molecule has 1 amide bonds. The topological polar surface area (TPSA) is 41.1 Å². The molecule has 0 heterocycles. The molecular weight excluding hydrogens is 296 g/mol. The van der Waals surface area contributed by atoms with Gasteiger partial charge in [-0.1, -0.05) is 60.7 Å². The monoisotopic (exact) mass is 324 g/mol. The first-order valence-electron chi connectivity index (χ1n) is 8.90. The highest BCUT2D eigenvalue weighted by atomic mass is 16.1. The SMILES string of the molecule is O=C(CCNCCCc1ccccc1)NCCCc1ccccc1. The second-order valence-electron chi connectivity index (χ2n) is 6.03. The molecule has 0 aliphatic heterocycles. The Bertz CT molecular complexity index is 569. The number of benzene rings is 2. The van der Waals surface area contributed by atoms with Crippen molar-refractivity contribution in [1.29, 1.82) is 0 Å². The van der Waals surface area contributed by atoms with Crippen LogP contribution in [0.3, 0.4) is 0 Å². The normalized spacial score (nSPS) is 10.5. The summed E-state index contributed by atoms with van der Waals surface area (Å²) in [6.07, 6.45) is 4.73. The molecule has 2 N–H and O–H groups in total.